The highest BCUT2D eigenvalue weighted by Gasteiger charge is 2.14. The van der Waals surface area contributed by atoms with E-state index in [0.29, 0.717) is 12.0 Å². The Labute approximate surface area is 116 Å². The summed E-state index contributed by atoms with van der Waals surface area (Å²) < 4.78 is 11.0. The second-order valence-corrected chi connectivity index (χ2v) is 5.49. The molecule has 1 unspecified atom stereocenters. The van der Waals surface area contributed by atoms with Gasteiger partial charge in [0, 0.05) is 12.6 Å². The third kappa shape index (κ3) is 3.95. The second kappa shape index (κ2) is 6.92. The molecule has 0 aliphatic carbocycles. The van der Waals surface area contributed by atoms with Gasteiger partial charge < -0.3 is 14.8 Å². The number of morpholine rings is 1. The fraction of sp³-hybridized carbons (Fsp3) is 0.625. The van der Waals surface area contributed by atoms with E-state index in [1.165, 1.54) is 11.1 Å². The molecule has 1 atom stereocenters. The lowest BCUT2D eigenvalue weighted by Gasteiger charge is -2.24. The minimum absolute atomic E-state index is 0.475. The van der Waals surface area contributed by atoms with Crippen LogP contribution in [0.2, 0.25) is 0 Å². The van der Waals surface area contributed by atoms with E-state index in [1.807, 2.05) is 0 Å². The van der Waals surface area contributed by atoms with Crippen LogP contribution in [0, 0.1) is 0 Å². The van der Waals surface area contributed by atoms with E-state index in [2.05, 4.69) is 37.4 Å². The van der Waals surface area contributed by atoms with Gasteiger partial charge in [-0.2, -0.15) is 0 Å². The molecule has 0 aromatic heterocycles. The van der Waals surface area contributed by atoms with Gasteiger partial charge in [-0.1, -0.05) is 26.0 Å². The first-order chi connectivity index (χ1) is 9.20. The van der Waals surface area contributed by atoms with Crippen molar-refractivity contribution < 1.29 is 9.47 Å². The number of nitrogens with one attached hydrogen (secondary N) is 1. The van der Waals surface area contributed by atoms with Crippen molar-refractivity contribution in [3.63, 3.8) is 0 Å². The summed E-state index contributed by atoms with van der Waals surface area (Å²) in [5.74, 6) is 1.55. The van der Waals surface area contributed by atoms with Crippen molar-refractivity contribution in [2.75, 3.05) is 26.9 Å². The van der Waals surface area contributed by atoms with Gasteiger partial charge in [-0.3, -0.25) is 0 Å². The smallest absolute Gasteiger partial charge is 0.122 e. The van der Waals surface area contributed by atoms with Crippen LogP contribution in [0.5, 0.6) is 5.75 Å². The maximum absolute atomic E-state index is 5.52. The summed E-state index contributed by atoms with van der Waals surface area (Å²) in [6.07, 6.45) is 2.12. The summed E-state index contributed by atoms with van der Waals surface area (Å²) in [7, 11) is 1.75. The maximum Gasteiger partial charge on any atom is 0.122 e. The van der Waals surface area contributed by atoms with Crippen molar-refractivity contribution in [3.8, 4) is 5.75 Å². The molecule has 1 aromatic rings. The normalized spacial score (nSPS) is 19.7. The molecule has 1 aromatic carbocycles. The molecule has 1 aliphatic rings. The minimum Gasteiger partial charge on any atom is -0.496 e. The van der Waals surface area contributed by atoms with Gasteiger partial charge in [0.1, 0.15) is 5.75 Å². The van der Waals surface area contributed by atoms with E-state index in [1.54, 1.807) is 7.11 Å². The molecule has 106 valence electrons. The lowest BCUT2D eigenvalue weighted by molar-refractivity contribution is 0.0743. The van der Waals surface area contributed by atoms with Crippen molar-refractivity contribution in [3.05, 3.63) is 29.3 Å². The molecule has 3 heteroatoms. The molecule has 19 heavy (non-hydrogen) atoms. The number of aryl methyl sites for hydroxylation is 1. The Balaban J connectivity index is 1.98. The second-order valence-electron chi connectivity index (χ2n) is 5.49. The van der Waals surface area contributed by atoms with Crippen LogP contribution >= 0.6 is 0 Å². The van der Waals surface area contributed by atoms with Crippen LogP contribution in [-0.2, 0) is 11.2 Å². The van der Waals surface area contributed by atoms with Crippen LogP contribution in [0.3, 0.4) is 0 Å². The highest BCUT2D eigenvalue weighted by Crippen LogP contribution is 2.26. The Hall–Kier alpha value is -1.06. The summed E-state index contributed by atoms with van der Waals surface area (Å²) in [6, 6.07) is 7.07. The van der Waals surface area contributed by atoms with Crippen LogP contribution in [0.1, 0.15) is 37.3 Å². The Morgan fingerprint density at radius 2 is 2.26 bits per heavy atom. The van der Waals surface area contributed by atoms with Gasteiger partial charge in [-0.15, -0.1) is 0 Å². The van der Waals surface area contributed by atoms with Gasteiger partial charge in [0.15, 0.2) is 0 Å². The molecule has 1 aliphatic heterocycles. The summed E-state index contributed by atoms with van der Waals surface area (Å²) >= 11 is 0. The van der Waals surface area contributed by atoms with E-state index in [9.17, 15) is 0 Å². The number of benzene rings is 1. The quantitative estimate of drug-likeness (QED) is 0.886. The molecule has 2 rings (SSSR count). The van der Waals surface area contributed by atoms with Gasteiger partial charge in [-0.25, -0.2) is 0 Å². The zero-order valence-electron chi connectivity index (χ0n) is 12.2. The molecule has 1 saturated heterocycles. The summed E-state index contributed by atoms with van der Waals surface area (Å²) in [4.78, 5) is 0. The Morgan fingerprint density at radius 3 is 2.89 bits per heavy atom. The molecule has 0 amide bonds. The predicted molar refractivity (Wildman–Crippen MR) is 78.0 cm³/mol. The Morgan fingerprint density at radius 1 is 1.42 bits per heavy atom. The van der Waals surface area contributed by atoms with Gasteiger partial charge in [0.2, 0.25) is 0 Å². The number of hydrogen-bond donors (Lipinski definition) is 1. The van der Waals surface area contributed by atoms with Crippen molar-refractivity contribution >= 4 is 0 Å². The van der Waals surface area contributed by atoms with Crippen LogP contribution in [0.4, 0.5) is 0 Å². The Bertz CT molecular complexity index is 398. The summed E-state index contributed by atoms with van der Waals surface area (Å²) in [5, 5.41) is 3.49. The first-order valence-electron chi connectivity index (χ1n) is 7.18. The fourth-order valence-electron chi connectivity index (χ4n) is 2.46. The lowest BCUT2D eigenvalue weighted by Crippen LogP contribution is -2.41. The molecule has 1 fully saturated rings. The molecular weight excluding hydrogens is 238 g/mol. The van der Waals surface area contributed by atoms with Crippen molar-refractivity contribution in [2.24, 2.45) is 0 Å². The minimum atomic E-state index is 0.475. The van der Waals surface area contributed by atoms with E-state index in [0.717, 1.165) is 38.3 Å². The van der Waals surface area contributed by atoms with Crippen molar-refractivity contribution in [1.82, 2.24) is 5.32 Å². The molecule has 1 N–H and O–H groups in total. The number of ether oxygens (including phenoxy) is 2. The van der Waals surface area contributed by atoms with Crippen LogP contribution in [-0.4, -0.2) is 32.9 Å². The van der Waals surface area contributed by atoms with Crippen LogP contribution in [0.25, 0.3) is 0 Å². The molecular formula is C16H25NO2. The molecule has 0 radical (unpaired) electrons. The third-order valence-electron chi connectivity index (χ3n) is 3.74. The maximum atomic E-state index is 5.52. The van der Waals surface area contributed by atoms with Crippen LogP contribution < -0.4 is 10.1 Å². The molecule has 3 nitrogen and oxygen atoms in total. The average Bonchev–Trinajstić information content (AvgIpc) is 2.45. The largest absolute Gasteiger partial charge is 0.496 e. The van der Waals surface area contributed by atoms with Crippen molar-refractivity contribution in [1.29, 1.82) is 0 Å². The molecule has 0 spiro atoms. The molecule has 0 saturated carbocycles. The van der Waals surface area contributed by atoms with Gasteiger partial charge in [-0.05, 0) is 36.0 Å². The first-order valence-corrected chi connectivity index (χ1v) is 7.18. The monoisotopic (exact) mass is 263 g/mol. The number of methoxy groups -OCH3 is 1. The first kappa shape index (κ1) is 14.4. The zero-order valence-corrected chi connectivity index (χ0v) is 12.2. The average molecular weight is 263 g/mol. The SMILES string of the molecule is COc1cc(C(C)C)ccc1CCC1COCCN1. The highest BCUT2D eigenvalue weighted by molar-refractivity contribution is 5.38. The van der Waals surface area contributed by atoms with E-state index >= 15 is 0 Å². The standard InChI is InChI=1S/C16H25NO2/c1-12(2)14-5-4-13(16(10-14)18-3)6-7-15-11-19-9-8-17-15/h4-5,10,12,15,17H,6-9,11H2,1-3H3. The van der Waals surface area contributed by atoms with E-state index < -0.39 is 0 Å². The summed E-state index contributed by atoms with van der Waals surface area (Å²) in [5.41, 5.74) is 2.62. The fourth-order valence-corrected chi connectivity index (χ4v) is 2.46. The zero-order chi connectivity index (χ0) is 13.7. The van der Waals surface area contributed by atoms with E-state index in [-0.39, 0.29) is 0 Å². The lowest BCUT2D eigenvalue weighted by atomic mass is 9.98. The Kier molecular flexibility index (Phi) is 5.23. The number of hydrogen-bond acceptors (Lipinski definition) is 3. The third-order valence-corrected chi connectivity index (χ3v) is 3.74. The predicted octanol–water partition coefficient (Wildman–Crippen LogP) is 2.74. The highest BCUT2D eigenvalue weighted by atomic mass is 16.5. The molecule has 0 bridgehead atoms. The number of rotatable bonds is 5. The summed E-state index contributed by atoms with van der Waals surface area (Å²) in [6.45, 7) is 7.04. The molecule has 1 heterocycles. The van der Waals surface area contributed by atoms with Gasteiger partial charge in [0.05, 0.1) is 20.3 Å². The van der Waals surface area contributed by atoms with Gasteiger partial charge in [0.25, 0.3) is 0 Å². The van der Waals surface area contributed by atoms with Crippen molar-refractivity contribution in [2.45, 2.75) is 38.6 Å². The van der Waals surface area contributed by atoms with Crippen LogP contribution in [0.15, 0.2) is 18.2 Å². The van der Waals surface area contributed by atoms with E-state index in [4.69, 9.17) is 9.47 Å². The van der Waals surface area contributed by atoms with Gasteiger partial charge >= 0.3 is 0 Å². The topological polar surface area (TPSA) is 30.5 Å².